The maximum atomic E-state index is 13.3. The lowest BCUT2D eigenvalue weighted by Crippen LogP contribution is -2.54. The number of methoxy groups -OCH3 is 1. The summed E-state index contributed by atoms with van der Waals surface area (Å²) in [7, 11) is 1.54. The Kier molecular flexibility index (Phi) is 11.6. The molecule has 10 heteroatoms. The number of thiophene rings is 1. The summed E-state index contributed by atoms with van der Waals surface area (Å²) < 4.78 is 6.69. The van der Waals surface area contributed by atoms with Gasteiger partial charge >= 0.3 is 5.97 Å². The molecule has 1 aromatic heterocycles. The smallest absolute Gasteiger partial charge is 0.305 e. The number of nitrogens with one attached hydrogen (secondary N) is 2. The van der Waals surface area contributed by atoms with Crippen LogP contribution in [-0.4, -0.2) is 53.6 Å². The zero-order chi connectivity index (χ0) is 31.6. The van der Waals surface area contributed by atoms with Crippen molar-refractivity contribution in [2.45, 2.75) is 44.5 Å². The second-order valence-electron chi connectivity index (χ2n) is 10.7. The van der Waals surface area contributed by atoms with Crippen molar-refractivity contribution >= 4 is 56.8 Å². The van der Waals surface area contributed by atoms with Gasteiger partial charge in [0.25, 0.3) is 0 Å². The molecule has 3 N–H and O–H groups in total. The minimum Gasteiger partial charge on any atom is -0.496 e. The Morgan fingerprint density at radius 3 is 2.34 bits per heavy atom. The number of benzene rings is 3. The molecular weight excluding hydrogens is 597 g/mol. The lowest BCUT2D eigenvalue weighted by Gasteiger charge is -2.25. The normalized spacial score (nSPS) is 12.5. The number of thioether (sulfide) groups is 1. The van der Waals surface area contributed by atoms with Crippen LogP contribution in [0.1, 0.15) is 31.4 Å². The molecule has 0 saturated heterocycles. The number of carbonyl (C=O) groups excluding carboxylic acids is 3. The molecule has 0 spiro atoms. The number of carboxylic acid groups (broad SMARTS) is 1. The van der Waals surface area contributed by atoms with Crippen molar-refractivity contribution in [1.82, 2.24) is 10.6 Å². The van der Waals surface area contributed by atoms with Gasteiger partial charge in [0.05, 0.1) is 31.7 Å². The Balaban J connectivity index is 1.42. The predicted octanol–water partition coefficient (Wildman–Crippen LogP) is 5.72. The molecule has 44 heavy (non-hydrogen) atoms. The number of amides is 2. The number of rotatable bonds is 15. The standard InChI is InChI=1S/C34H36N2O6S2/c1-21(2)33(34(41)35-26(18-32(39)40)27(37)20-43-19-22-9-5-4-6-10-22)36-31(38)17-25-15-24(13-14-28(25)42-3)30-16-23-11-7-8-12-29(23)44-30/h4-16,21,26,33H,17-20H2,1-3H3,(H,35,41)(H,36,38)(H,39,40). The van der Waals surface area contributed by atoms with Crippen LogP contribution in [0.5, 0.6) is 5.75 Å². The van der Waals surface area contributed by atoms with Gasteiger partial charge in [0.2, 0.25) is 11.8 Å². The fraction of sp³-hybridized carbons (Fsp3) is 0.294. The summed E-state index contributed by atoms with van der Waals surface area (Å²) in [6, 6.07) is 23.4. The molecule has 0 saturated carbocycles. The molecule has 0 bridgehead atoms. The highest BCUT2D eigenvalue weighted by Crippen LogP contribution is 2.35. The SMILES string of the molecule is COc1ccc(-c2cc3ccccc3s2)cc1CC(=O)NC(C(=O)NC(CC(=O)O)C(=O)CSCc1ccccc1)C(C)C. The largest absolute Gasteiger partial charge is 0.496 e. The fourth-order valence-electron chi connectivity index (χ4n) is 4.75. The summed E-state index contributed by atoms with van der Waals surface area (Å²) in [5.41, 5.74) is 2.66. The van der Waals surface area contributed by atoms with Gasteiger partial charge in [-0.15, -0.1) is 23.1 Å². The van der Waals surface area contributed by atoms with Crippen molar-refractivity contribution < 1.29 is 29.0 Å². The third kappa shape index (κ3) is 8.93. The molecule has 3 aromatic carbocycles. The van der Waals surface area contributed by atoms with Crippen LogP contribution in [0.4, 0.5) is 0 Å². The second kappa shape index (κ2) is 15.5. The zero-order valence-electron chi connectivity index (χ0n) is 24.9. The third-order valence-electron chi connectivity index (χ3n) is 7.05. The van der Waals surface area contributed by atoms with E-state index in [9.17, 15) is 24.3 Å². The van der Waals surface area contributed by atoms with E-state index in [4.69, 9.17) is 4.74 Å². The molecule has 0 aliphatic rings. The minimum atomic E-state index is -1.21. The first-order valence-corrected chi connectivity index (χ1v) is 16.2. The first-order valence-electron chi connectivity index (χ1n) is 14.3. The van der Waals surface area contributed by atoms with Gasteiger partial charge in [-0.05, 0) is 52.8 Å². The van der Waals surface area contributed by atoms with E-state index in [0.29, 0.717) is 17.1 Å². The topological polar surface area (TPSA) is 122 Å². The monoisotopic (exact) mass is 632 g/mol. The lowest BCUT2D eigenvalue weighted by molar-refractivity contribution is -0.140. The average molecular weight is 633 g/mol. The van der Waals surface area contributed by atoms with E-state index < -0.39 is 42.1 Å². The highest BCUT2D eigenvalue weighted by Gasteiger charge is 2.30. The van der Waals surface area contributed by atoms with Crippen molar-refractivity contribution in [2.24, 2.45) is 5.92 Å². The van der Waals surface area contributed by atoms with Crippen molar-refractivity contribution in [2.75, 3.05) is 12.9 Å². The summed E-state index contributed by atoms with van der Waals surface area (Å²) in [6.45, 7) is 3.55. The Hall–Kier alpha value is -4.15. The van der Waals surface area contributed by atoms with Gasteiger partial charge in [0.15, 0.2) is 5.78 Å². The number of hydrogen-bond donors (Lipinski definition) is 3. The molecule has 0 aliphatic carbocycles. The van der Waals surface area contributed by atoms with Gasteiger partial charge in [0, 0.05) is 20.9 Å². The predicted molar refractivity (Wildman–Crippen MR) is 176 cm³/mol. The van der Waals surface area contributed by atoms with Crippen molar-refractivity contribution in [3.05, 3.63) is 90.0 Å². The fourth-order valence-corrected chi connectivity index (χ4v) is 6.74. The van der Waals surface area contributed by atoms with E-state index in [1.807, 2.05) is 60.7 Å². The molecule has 0 aliphatic heterocycles. The molecule has 8 nitrogen and oxygen atoms in total. The molecule has 2 amide bonds. The first kappa shape index (κ1) is 32.8. The van der Waals surface area contributed by atoms with Gasteiger partial charge in [-0.3, -0.25) is 19.2 Å². The molecule has 1 heterocycles. The number of carboxylic acids is 1. The molecule has 4 aromatic rings. The van der Waals surface area contributed by atoms with Crippen LogP contribution in [-0.2, 0) is 31.4 Å². The van der Waals surface area contributed by atoms with Crippen molar-refractivity contribution in [3.8, 4) is 16.2 Å². The van der Waals surface area contributed by atoms with Gasteiger partial charge in [-0.2, -0.15) is 0 Å². The van der Waals surface area contributed by atoms with Crippen LogP contribution in [0.2, 0.25) is 0 Å². The molecule has 0 radical (unpaired) electrons. The highest BCUT2D eigenvalue weighted by molar-refractivity contribution is 7.99. The van der Waals surface area contributed by atoms with E-state index in [-0.39, 0.29) is 18.1 Å². The number of aliphatic carboxylic acids is 1. The van der Waals surface area contributed by atoms with Crippen LogP contribution < -0.4 is 15.4 Å². The quantitative estimate of drug-likeness (QED) is 0.153. The number of hydrogen-bond acceptors (Lipinski definition) is 7. The van der Waals surface area contributed by atoms with E-state index in [1.165, 1.54) is 18.9 Å². The minimum absolute atomic E-state index is 0.0357. The first-order chi connectivity index (χ1) is 21.1. The van der Waals surface area contributed by atoms with Crippen molar-refractivity contribution in [3.63, 3.8) is 0 Å². The molecular formula is C34H36N2O6S2. The van der Waals surface area contributed by atoms with E-state index >= 15 is 0 Å². The number of fused-ring (bicyclic) bond motifs is 1. The summed E-state index contributed by atoms with van der Waals surface area (Å²) in [5, 5.41) is 15.9. The Bertz CT molecular complexity index is 1590. The molecule has 0 fully saturated rings. The maximum absolute atomic E-state index is 13.3. The average Bonchev–Trinajstić information content (AvgIpc) is 3.44. The summed E-state index contributed by atoms with van der Waals surface area (Å²) >= 11 is 3.01. The highest BCUT2D eigenvalue weighted by atomic mass is 32.2. The maximum Gasteiger partial charge on any atom is 0.305 e. The van der Waals surface area contributed by atoms with Crippen molar-refractivity contribution in [1.29, 1.82) is 0 Å². The number of ether oxygens (including phenoxy) is 1. The van der Waals surface area contributed by atoms with Crippen LogP contribution in [0.25, 0.3) is 20.5 Å². The summed E-state index contributed by atoms with van der Waals surface area (Å²) in [5.74, 6) is -1.74. The zero-order valence-corrected chi connectivity index (χ0v) is 26.5. The number of Topliss-reactive ketones (excluding diaryl/α,β-unsaturated/α-hetero) is 1. The summed E-state index contributed by atoms with van der Waals surface area (Å²) in [6.07, 6.45) is -0.580. The Morgan fingerprint density at radius 1 is 0.932 bits per heavy atom. The van der Waals surface area contributed by atoms with Crippen LogP contribution in [0, 0.1) is 5.92 Å². The van der Waals surface area contributed by atoms with Gasteiger partial charge in [-0.25, -0.2) is 0 Å². The molecule has 2 unspecified atom stereocenters. The third-order valence-corrected chi connectivity index (χ3v) is 9.24. The van der Waals surface area contributed by atoms with Crippen LogP contribution in [0.3, 0.4) is 0 Å². The lowest BCUT2D eigenvalue weighted by atomic mass is 10.0. The van der Waals surface area contributed by atoms with Crippen LogP contribution >= 0.6 is 23.1 Å². The van der Waals surface area contributed by atoms with Gasteiger partial charge in [0.1, 0.15) is 11.8 Å². The molecule has 230 valence electrons. The van der Waals surface area contributed by atoms with Crippen LogP contribution in [0.15, 0.2) is 78.9 Å². The van der Waals surface area contributed by atoms with Gasteiger partial charge < -0.3 is 20.5 Å². The number of carbonyl (C=O) groups is 4. The Morgan fingerprint density at radius 2 is 1.66 bits per heavy atom. The second-order valence-corrected chi connectivity index (χ2v) is 12.8. The van der Waals surface area contributed by atoms with E-state index in [0.717, 1.165) is 26.1 Å². The van der Waals surface area contributed by atoms with E-state index in [1.54, 1.807) is 25.2 Å². The van der Waals surface area contributed by atoms with Gasteiger partial charge in [-0.1, -0.05) is 62.4 Å². The Labute approximate surface area is 265 Å². The molecule has 4 rings (SSSR count). The number of ketones is 1. The summed E-state index contributed by atoms with van der Waals surface area (Å²) in [4.78, 5) is 52.1. The molecule has 2 atom stereocenters. The van der Waals surface area contributed by atoms with E-state index in [2.05, 4.69) is 28.8 Å².